The molecule has 0 aromatic heterocycles. The summed E-state index contributed by atoms with van der Waals surface area (Å²) in [5, 5.41) is 10.6. The van der Waals surface area contributed by atoms with Gasteiger partial charge in [0.2, 0.25) is 0 Å². The lowest BCUT2D eigenvalue weighted by Gasteiger charge is -2.05. The lowest BCUT2D eigenvalue weighted by atomic mass is 10.0. The molecule has 82 valence electrons. The van der Waals surface area contributed by atoms with Crippen LogP contribution in [-0.4, -0.2) is 5.11 Å². The van der Waals surface area contributed by atoms with E-state index in [2.05, 4.69) is 0 Å². The molecule has 3 heteroatoms. The zero-order valence-corrected chi connectivity index (χ0v) is 9.96. The molecule has 0 atom stereocenters. The van der Waals surface area contributed by atoms with E-state index in [1.807, 2.05) is 24.3 Å². The van der Waals surface area contributed by atoms with Crippen LogP contribution in [0, 0.1) is 0 Å². The van der Waals surface area contributed by atoms with Crippen LogP contribution in [0.25, 0.3) is 0 Å². The first-order valence-corrected chi connectivity index (χ1v) is 5.62. The zero-order valence-electron chi connectivity index (χ0n) is 8.45. The van der Waals surface area contributed by atoms with E-state index in [-0.39, 0.29) is 5.75 Å². The Hall–Kier alpha value is -1.18. The first-order valence-electron chi connectivity index (χ1n) is 4.87. The summed E-state index contributed by atoms with van der Waals surface area (Å²) in [6, 6.07) is 12.6. The highest BCUT2D eigenvalue weighted by Gasteiger charge is 2.03. The van der Waals surface area contributed by atoms with E-state index in [9.17, 15) is 5.11 Å². The summed E-state index contributed by atoms with van der Waals surface area (Å²) in [7, 11) is 0. The Labute approximate surface area is 104 Å². The summed E-state index contributed by atoms with van der Waals surface area (Å²) in [5.41, 5.74) is 2.01. The maximum absolute atomic E-state index is 9.35. The van der Waals surface area contributed by atoms with E-state index in [1.54, 1.807) is 18.2 Å². The predicted molar refractivity (Wildman–Crippen MR) is 67.4 cm³/mol. The van der Waals surface area contributed by atoms with Gasteiger partial charge in [-0.1, -0.05) is 41.4 Å². The Kier molecular flexibility index (Phi) is 3.37. The Morgan fingerprint density at radius 1 is 1.00 bits per heavy atom. The SMILES string of the molecule is Oc1cccc(Cc2ccc(Cl)cc2Cl)c1. The largest absolute Gasteiger partial charge is 0.508 e. The molecular formula is C13H10Cl2O. The van der Waals surface area contributed by atoms with Crippen LogP contribution >= 0.6 is 23.2 Å². The van der Waals surface area contributed by atoms with Crippen molar-refractivity contribution < 1.29 is 5.11 Å². The topological polar surface area (TPSA) is 20.2 Å². The monoisotopic (exact) mass is 252 g/mol. The van der Waals surface area contributed by atoms with E-state index in [0.717, 1.165) is 11.1 Å². The average Bonchev–Trinajstić information content (AvgIpc) is 2.22. The predicted octanol–water partition coefficient (Wildman–Crippen LogP) is 4.29. The van der Waals surface area contributed by atoms with E-state index in [4.69, 9.17) is 23.2 Å². The van der Waals surface area contributed by atoms with Crippen molar-refractivity contribution in [2.45, 2.75) is 6.42 Å². The lowest BCUT2D eigenvalue weighted by Crippen LogP contribution is -1.89. The fraction of sp³-hybridized carbons (Fsp3) is 0.0769. The third kappa shape index (κ3) is 2.69. The van der Waals surface area contributed by atoms with Gasteiger partial charge < -0.3 is 5.11 Å². The molecule has 0 amide bonds. The van der Waals surface area contributed by atoms with Gasteiger partial charge in [-0.3, -0.25) is 0 Å². The summed E-state index contributed by atoms with van der Waals surface area (Å²) < 4.78 is 0. The van der Waals surface area contributed by atoms with Gasteiger partial charge in [0.1, 0.15) is 5.75 Å². The molecule has 2 aromatic rings. The number of phenols is 1. The van der Waals surface area contributed by atoms with Crippen LogP contribution in [-0.2, 0) is 6.42 Å². The number of rotatable bonds is 2. The highest BCUT2D eigenvalue weighted by atomic mass is 35.5. The second kappa shape index (κ2) is 4.77. The van der Waals surface area contributed by atoms with E-state index in [1.165, 1.54) is 0 Å². The number of phenolic OH excluding ortho intramolecular Hbond substituents is 1. The highest BCUT2D eigenvalue weighted by Crippen LogP contribution is 2.24. The van der Waals surface area contributed by atoms with Crippen molar-refractivity contribution in [2.75, 3.05) is 0 Å². The maximum Gasteiger partial charge on any atom is 0.115 e. The molecule has 0 radical (unpaired) electrons. The second-order valence-electron chi connectivity index (χ2n) is 3.58. The van der Waals surface area contributed by atoms with Crippen LogP contribution < -0.4 is 0 Å². The van der Waals surface area contributed by atoms with Crippen molar-refractivity contribution in [2.24, 2.45) is 0 Å². The van der Waals surface area contributed by atoms with Gasteiger partial charge in [0, 0.05) is 10.0 Å². The summed E-state index contributed by atoms with van der Waals surface area (Å²) in [5.74, 6) is 0.266. The van der Waals surface area contributed by atoms with Crippen molar-refractivity contribution in [1.82, 2.24) is 0 Å². The fourth-order valence-corrected chi connectivity index (χ4v) is 2.03. The molecule has 0 fully saturated rings. The van der Waals surface area contributed by atoms with Crippen LogP contribution in [0.3, 0.4) is 0 Å². The molecule has 0 unspecified atom stereocenters. The van der Waals surface area contributed by atoms with E-state index in [0.29, 0.717) is 16.5 Å². The minimum atomic E-state index is 0.266. The highest BCUT2D eigenvalue weighted by molar-refractivity contribution is 6.35. The second-order valence-corrected chi connectivity index (χ2v) is 4.43. The first kappa shape index (κ1) is 11.3. The Morgan fingerprint density at radius 3 is 2.50 bits per heavy atom. The Morgan fingerprint density at radius 2 is 1.81 bits per heavy atom. The van der Waals surface area contributed by atoms with Gasteiger partial charge >= 0.3 is 0 Å². The Balaban J connectivity index is 2.27. The number of halogens is 2. The van der Waals surface area contributed by atoms with Gasteiger partial charge in [0.25, 0.3) is 0 Å². The molecule has 1 nitrogen and oxygen atoms in total. The molecule has 2 rings (SSSR count). The fourth-order valence-electron chi connectivity index (χ4n) is 1.55. The average molecular weight is 253 g/mol. The smallest absolute Gasteiger partial charge is 0.115 e. The van der Waals surface area contributed by atoms with Gasteiger partial charge in [0.05, 0.1) is 0 Å². The van der Waals surface area contributed by atoms with Crippen LogP contribution in [0.4, 0.5) is 0 Å². The van der Waals surface area contributed by atoms with Gasteiger partial charge in [-0.05, 0) is 41.8 Å². The molecule has 0 saturated heterocycles. The summed E-state index contributed by atoms with van der Waals surface area (Å²) in [6.07, 6.45) is 0.685. The quantitative estimate of drug-likeness (QED) is 0.846. The molecule has 0 aliphatic rings. The molecule has 16 heavy (non-hydrogen) atoms. The Bertz CT molecular complexity index is 509. The van der Waals surface area contributed by atoms with Gasteiger partial charge in [-0.2, -0.15) is 0 Å². The molecule has 0 aliphatic heterocycles. The zero-order chi connectivity index (χ0) is 11.5. The number of hydrogen-bond acceptors (Lipinski definition) is 1. The number of benzene rings is 2. The lowest BCUT2D eigenvalue weighted by molar-refractivity contribution is 0.474. The molecular weight excluding hydrogens is 243 g/mol. The standard InChI is InChI=1S/C13H10Cl2O/c14-11-5-4-10(13(15)8-11)6-9-2-1-3-12(16)7-9/h1-5,7-8,16H,6H2. The first-order chi connectivity index (χ1) is 7.65. The molecule has 2 aromatic carbocycles. The molecule has 0 bridgehead atoms. The van der Waals surface area contributed by atoms with Crippen LogP contribution in [0.1, 0.15) is 11.1 Å². The molecule has 0 saturated carbocycles. The van der Waals surface area contributed by atoms with E-state index >= 15 is 0 Å². The van der Waals surface area contributed by atoms with Crippen LogP contribution in [0.2, 0.25) is 10.0 Å². The van der Waals surface area contributed by atoms with Crippen molar-refractivity contribution in [3.8, 4) is 5.75 Å². The molecule has 0 aliphatic carbocycles. The molecule has 1 N–H and O–H groups in total. The van der Waals surface area contributed by atoms with Crippen molar-refractivity contribution in [3.05, 3.63) is 63.6 Å². The van der Waals surface area contributed by atoms with Gasteiger partial charge in [-0.25, -0.2) is 0 Å². The normalized spacial score (nSPS) is 10.4. The van der Waals surface area contributed by atoms with Crippen LogP contribution in [0.15, 0.2) is 42.5 Å². The van der Waals surface area contributed by atoms with E-state index < -0.39 is 0 Å². The van der Waals surface area contributed by atoms with Crippen LogP contribution in [0.5, 0.6) is 5.75 Å². The molecule has 0 heterocycles. The summed E-state index contributed by atoms with van der Waals surface area (Å²) in [6.45, 7) is 0. The maximum atomic E-state index is 9.35. The third-order valence-corrected chi connectivity index (χ3v) is 2.91. The van der Waals surface area contributed by atoms with Gasteiger partial charge in [0.15, 0.2) is 0 Å². The van der Waals surface area contributed by atoms with Crippen molar-refractivity contribution in [1.29, 1.82) is 0 Å². The third-order valence-electron chi connectivity index (χ3n) is 2.32. The number of aromatic hydroxyl groups is 1. The molecule has 0 spiro atoms. The van der Waals surface area contributed by atoms with Gasteiger partial charge in [-0.15, -0.1) is 0 Å². The van der Waals surface area contributed by atoms with Crippen molar-refractivity contribution in [3.63, 3.8) is 0 Å². The minimum Gasteiger partial charge on any atom is -0.508 e. The number of hydrogen-bond donors (Lipinski definition) is 1. The summed E-state index contributed by atoms with van der Waals surface area (Å²) in [4.78, 5) is 0. The minimum absolute atomic E-state index is 0.266. The van der Waals surface area contributed by atoms with Crippen molar-refractivity contribution >= 4 is 23.2 Å². The summed E-state index contributed by atoms with van der Waals surface area (Å²) >= 11 is 11.9.